The number of carbonyl (C=O) groups excluding carboxylic acids is 2. The van der Waals surface area contributed by atoms with Crippen LogP contribution in [-0.4, -0.2) is 38.9 Å². The van der Waals surface area contributed by atoms with E-state index in [1.165, 1.54) is 0 Å². The van der Waals surface area contributed by atoms with Gasteiger partial charge >= 0.3 is 12.1 Å². The van der Waals surface area contributed by atoms with E-state index in [1.807, 2.05) is 30.3 Å². The zero-order chi connectivity index (χ0) is 28.8. The summed E-state index contributed by atoms with van der Waals surface area (Å²) in [6, 6.07) is 21.7. The molecule has 2 atom stereocenters. The van der Waals surface area contributed by atoms with Crippen LogP contribution in [0.3, 0.4) is 0 Å². The first kappa shape index (κ1) is 28.4. The van der Waals surface area contributed by atoms with Gasteiger partial charge in [-0.3, -0.25) is 14.8 Å². The van der Waals surface area contributed by atoms with Crippen molar-refractivity contribution in [3.05, 3.63) is 106 Å². The van der Waals surface area contributed by atoms with Crippen molar-refractivity contribution >= 4 is 35.3 Å². The fourth-order valence-corrected chi connectivity index (χ4v) is 4.43. The Balaban J connectivity index is 1.47. The number of halogens is 1. The largest absolute Gasteiger partial charge is 0.480 e. The molecule has 206 valence electrons. The number of aliphatic carboxylic acids is 1. The van der Waals surface area contributed by atoms with Gasteiger partial charge in [0.1, 0.15) is 12.1 Å². The Morgan fingerprint density at radius 1 is 1.00 bits per heavy atom. The van der Waals surface area contributed by atoms with Crippen molar-refractivity contribution < 1.29 is 24.2 Å². The molecule has 10 heteroatoms. The maximum Gasteiger partial charge on any atom is 0.412 e. The topological polar surface area (TPSA) is 123 Å². The maximum absolute atomic E-state index is 12.9. The third-order valence-corrected chi connectivity index (χ3v) is 6.63. The molecule has 0 saturated carbocycles. The molecule has 3 aromatic carbocycles. The predicted octanol–water partition coefficient (Wildman–Crippen LogP) is 5.78. The molecule has 0 radical (unpaired) electrons. The predicted molar refractivity (Wildman–Crippen MR) is 152 cm³/mol. The number of aryl methyl sites for hydroxylation is 2. The SMILES string of the molecule is Cc1nn(C)c(-c2ccc(C(=O)N[C@H](Cc3ccc(Cl)cc3)C(=O)O)cc2)c1NC(=O)OC(C)c1ccccc1. The van der Waals surface area contributed by atoms with Crippen LogP contribution in [0.2, 0.25) is 5.02 Å². The van der Waals surface area contributed by atoms with Crippen molar-refractivity contribution in [2.24, 2.45) is 7.05 Å². The lowest BCUT2D eigenvalue weighted by molar-refractivity contribution is -0.139. The van der Waals surface area contributed by atoms with Crippen LogP contribution in [0.1, 0.15) is 40.2 Å². The van der Waals surface area contributed by atoms with Gasteiger partial charge in [0, 0.05) is 29.6 Å². The van der Waals surface area contributed by atoms with Crippen LogP contribution in [0.25, 0.3) is 11.3 Å². The summed E-state index contributed by atoms with van der Waals surface area (Å²) in [5.41, 5.74) is 4.29. The molecule has 0 spiro atoms. The van der Waals surface area contributed by atoms with Gasteiger partial charge in [-0.1, -0.05) is 66.2 Å². The average Bonchev–Trinajstić information content (AvgIpc) is 3.21. The van der Waals surface area contributed by atoms with Gasteiger partial charge < -0.3 is 15.2 Å². The molecule has 0 fully saturated rings. The van der Waals surface area contributed by atoms with Crippen LogP contribution in [0, 0.1) is 6.92 Å². The van der Waals surface area contributed by atoms with E-state index in [9.17, 15) is 19.5 Å². The highest BCUT2D eigenvalue weighted by Gasteiger charge is 2.23. The number of hydrogen-bond donors (Lipinski definition) is 3. The van der Waals surface area contributed by atoms with E-state index in [2.05, 4.69) is 15.7 Å². The van der Waals surface area contributed by atoms with Crippen molar-refractivity contribution in [2.45, 2.75) is 32.4 Å². The molecule has 0 aliphatic carbocycles. The first-order valence-electron chi connectivity index (χ1n) is 12.6. The van der Waals surface area contributed by atoms with Gasteiger partial charge in [0.15, 0.2) is 0 Å². The number of carboxylic acid groups (broad SMARTS) is 1. The number of nitrogens with zero attached hydrogens (tertiary/aromatic N) is 2. The summed E-state index contributed by atoms with van der Waals surface area (Å²) in [7, 11) is 1.75. The van der Waals surface area contributed by atoms with Crippen molar-refractivity contribution in [3.8, 4) is 11.3 Å². The molecule has 4 aromatic rings. The summed E-state index contributed by atoms with van der Waals surface area (Å²) in [5, 5.41) is 20.0. The van der Waals surface area contributed by atoms with Crippen molar-refractivity contribution in [1.29, 1.82) is 0 Å². The zero-order valence-corrected chi connectivity index (χ0v) is 23.0. The number of carbonyl (C=O) groups is 3. The summed E-state index contributed by atoms with van der Waals surface area (Å²) >= 11 is 5.90. The summed E-state index contributed by atoms with van der Waals surface area (Å²) in [6.07, 6.45) is -0.961. The first-order chi connectivity index (χ1) is 19.1. The standard InChI is InChI=1S/C30H29ClN4O5/c1-18-26(33-30(39)40-19(2)21-7-5-4-6-8-21)27(35(3)34-18)22-11-13-23(14-12-22)28(36)32-25(29(37)38)17-20-9-15-24(31)16-10-20/h4-16,19,25H,17H2,1-3H3,(H,32,36)(H,33,39)(H,37,38)/t19?,25-/m1/s1. The number of aromatic nitrogens is 2. The Hall–Kier alpha value is -4.63. The van der Waals surface area contributed by atoms with Gasteiger partial charge in [0.05, 0.1) is 17.1 Å². The second-order valence-electron chi connectivity index (χ2n) is 9.29. The van der Waals surface area contributed by atoms with Crippen LogP contribution in [-0.2, 0) is 23.0 Å². The third kappa shape index (κ3) is 6.86. The fraction of sp³-hybridized carbons (Fsp3) is 0.200. The molecule has 40 heavy (non-hydrogen) atoms. The van der Waals surface area contributed by atoms with Gasteiger partial charge in [0.2, 0.25) is 0 Å². The smallest absolute Gasteiger partial charge is 0.412 e. The molecule has 0 aliphatic heterocycles. The number of rotatable bonds is 9. The van der Waals surface area contributed by atoms with E-state index >= 15 is 0 Å². The Bertz CT molecular complexity index is 1500. The van der Waals surface area contributed by atoms with E-state index in [0.717, 1.165) is 11.1 Å². The van der Waals surface area contributed by atoms with Gasteiger partial charge in [0.25, 0.3) is 5.91 Å². The second-order valence-corrected chi connectivity index (χ2v) is 9.72. The van der Waals surface area contributed by atoms with Crippen LogP contribution in [0.5, 0.6) is 0 Å². The maximum atomic E-state index is 12.9. The lowest BCUT2D eigenvalue weighted by Gasteiger charge is -2.16. The highest BCUT2D eigenvalue weighted by molar-refractivity contribution is 6.30. The van der Waals surface area contributed by atoms with Gasteiger partial charge in [-0.05, 0) is 49.2 Å². The summed E-state index contributed by atoms with van der Waals surface area (Å²) in [5.74, 6) is -1.67. The number of benzene rings is 3. The molecule has 2 amide bonds. The average molecular weight is 561 g/mol. The molecule has 0 saturated heterocycles. The molecule has 1 heterocycles. The normalized spacial score (nSPS) is 12.3. The van der Waals surface area contributed by atoms with Crippen LogP contribution in [0.4, 0.5) is 10.5 Å². The Morgan fingerprint density at radius 2 is 1.65 bits per heavy atom. The molecule has 4 rings (SSSR count). The minimum Gasteiger partial charge on any atom is -0.480 e. The summed E-state index contributed by atoms with van der Waals surface area (Å²) < 4.78 is 7.19. The van der Waals surface area contributed by atoms with Crippen molar-refractivity contribution in [3.63, 3.8) is 0 Å². The van der Waals surface area contributed by atoms with Gasteiger partial charge in [-0.15, -0.1) is 0 Å². The van der Waals surface area contributed by atoms with Crippen molar-refractivity contribution in [2.75, 3.05) is 5.32 Å². The molecular weight excluding hydrogens is 532 g/mol. The highest BCUT2D eigenvalue weighted by Crippen LogP contribution is 2.31. The van der Waals surface area contributed by atoms with E-state index in [0.29, 0.717) is 27.7 Å². The third-order valence-electron chi connectivity index (χ3n) is 6.38. The zero-order valence-electron chi connectivity index (χ0n) is 22.2. The first-order valence-corrected chi connectivity index (χ1v) is 12.9. The van der Waals surface area contributed by atoms with E-state index in [-0.39, 0.29) is 12.0 Å². The monoisotopic (exact) mass is 560 g/mol. The van der Waals surface area contributed by atoms with Crippen LogP contribution >= 0.6 is 11.6 Å². The lowest BCUT2D eigenvalue weighted by atomic mass is 10.0. The minimum absolute atomic E-state index is 0.110. The van der Waals surface area contributed by atoms with Crippen molar-refractivity contribution in [1.82, 2.24) is 15.1 Å². The summed E-state index contributed by atoms with van der Waals surface area (Å²) in [4.78, 5) is 37.4. The Kier molecular flexibility index (Phi) is 8.86. The number of hydrogen-bond acceptors (Lipinski definition) is 5. The molecule has 9 nitrogen and oxygen atoms in total. The molecule has 0 aliphatic rings. The minimum atomic E-state index is -1.14. The quantitative estimate of drug-likeness (QED) is 0.238. The molecule has 0 bridgehead atoms. The highest BCUT2D eigenvalue weighted by atomic mass is 35.5. The Morgan fingerprint density at radius 3 is 2.27 bits per heavy atom. The number of anilines is 1. The number of carboxylic acids is 1. The van der Waals surface area contributed by atoms with Crippen LogP contribution in [0.15, 0.2) is 78.9 Å². The molecule has 1 unspecified atom stereocenters. The van der Waals surface area contributed by atoms with E-state index in [4.69, 9.17) is 16.3 Å². The summed E-state index contributed by atoms with van der Waals surface area (Å²) in [6.45, 7) is 3.56. The fourth-order valence-electron chi connectivity index (χ4n) is 4.30. The van der Waals surface area contributed by atoms with E-state index in [1.54, 1.807) is 74.1 Å². The molecule has 3 N–H and O–H groups in total. The van der Waals surface area contributed by atoms with Gasteiger partial charge in [-0.2, -0.15) is 5.10 Å². The molecular formula is C30H29ClN4O5. The van der Waals surface area contributed by atoms with Crippen LogP contribution < -0.4 is 10.6 Å². The molecule has 1 aromatic heterocycles. The number of ether oxygens (including phenoxy) is 1. The van der Waals surface area contributed by atoms with E-state index < -0.39 is 30.1 Å². The number of amides is 2. The van der Waals surface area contributed by atoms with Gasteiger partial charge in [-0.25, -0.2) is 9.59 Å². The number of nitrogens with one attached hydrogen (secondary N) is 2. The Labute approximate surface area is 236 Å². The second kappa shape index (κ2) is 12.5. The lowest BCUT2D eigenvalue weighted by Crippen LogP contribution is -2.42.